The molecule has 292 valence electrons. The van der Waals surface area contributed by atoms with Crippen LogP contribution >= 0.6 is 15.9 Å². The number of nitrogens with zero attached hydrogens (tertiary/aromatic N) is 4. The van der Waals surface area contributed by atoms with Gasteiger partial charge >= 0.3 is 7.12 Å². The quantitative estimate of drug-likeness (QED) is 0.0720. The lowest BCUT2D eigenvalue weighted by atomic mass is 9.79. The normalized spacial score (nSPS) is 9.84. The molecule has 6 N–H and O–H groups in total. The average Bonchev–Trinajstić information content (AvgIpc) is 3.08. The fourth-order valence-corrected chi connectivity index (χ4v) is 4.82. The van der Waals surface area contributed by atoms with E-state index in [-0.39, 0.29) is 57.1 Å². The average molecular weight is 841 g/mol. The Balaban J connectivity index is 0.000000310. The van der Waals surface area contributed by atoms with Gasteiger partial charge in [-0.25, -0.2) is 0 Å². The molecule has 0 aliphatic carbocycles. The predicted octanol–water partition coefficient (Wildman–Crippen LogP) is 4.64. The molecular weight excluding hydrogens is 811 g/mol. The Morgan fingerprint density at radius 3 is 1.21 bits per heavy atom. The number of amides is 4. The molecule has 4 amide bonds. The molecule has 0 spiro atoms. The minimum absolute atomic E-state index is 0.0237. The molecule has 0 aliphatic heterocycles. The van der Waals surface area contributed by atoms with E-state index in [1.807, 2.05) is 0 Å². The van der Waals surface area contributed by atoms with Gasteiger partial charge in [-0.2, -0.15) is 0 Å². The van der Waals surface area contributed by atoms with E-state index in [1.54, 1.807) is 6.07 Å². The largest absolute Gasteiger partial charge is 0.495 e. The van der Waals surface area contributed by atoms with E-state index in [2.05, 4.69) is 37.2 Å². The van der Waals surface area contributed by atoms with Crippen molar-refractivity contribution >= 4 is 97.6 Å². The van der Waals surface area contributed by atoms with Crippen LogP contribution in [0.15, 0.2) is 77.3 Å². The summed E-state index contributed by atoms with van der Waals surface area (Å²) in [4.78, 5) is 84.8. The Hall–Kier alpha value is -7.18. The number of halogens is 1. The Morgan fingerprint density at radius 2 is 0.875 bits per heavy atom. The first-order valence-electron chi connectivity index (χ1n) is 15.4. The van der Waals surface area contributed by atoms with Crippen LogP contribution in [0.3, 0.4) is 0 Å². The number of hydrogen-bond donors (Lipinski definition) is 6. The van der Waals surface area contributed by atoms with Crippen molar-refractivity contribution in [2.45, 2.75) is 27.7 Å². The second-order valence-electron chi connectivity index (χ2n) is 11.0. The summed E-state index contributed by atoms with van der Waals surface area (Å²) in [5.41, 5.74) is -0.320. The van der Waals surface area contributed by atoms with E-state index < -0.39 is 44.3 Å². The molecule has 0 bridgehead atoms. The van der Waals surface area contributed by atoms with Crippen LogP contribution in [0, 0.1) is 40.5 Å². The highest BCUT2D eigenvalue weighted by Crippen LogP contribution is 2.35. The van der Waals surface area contributed by atoms with Gasteiger partial charge in [0, 0.05) is 62.1 Å². The Bertz CT molecular complexity index is 2150. The molecule has 24 heteroatoms. The Kier molecular flexibility index (Phi) is 16.3. The molecule has 22 nitrogen and oxygen atoms in total. The lowest BCUT2D eigenvalue weighted by molar-refractivity contribution is -0.384. The molecule has 0 radical (unpaired) electrons. The molecule has 0 aromatic heterocycles. The number of anilines is 4. The van der Waals surface area contributed by atoms with Crippen LogP contribution in [0.25, 0.3) is 11.1 Å². The maximum Gasteiger partial charge on any atom is 0.495 e. The third-order valence-electron chi connectivity index (χ3n) is 6.64. The van der Waals surface area contributed by atoms with Gasteiger partial charge in [-0.1, -0.05) is 34.1 Å². The lowest BCUT2D eigenvalue weighted by Crippen LogP contribution is -2.32. The highest BCUT2D eigenvalue weighted by molar-refractivity contribution is 9.10. The summed E-state index contributed by atoms with van der Waals surface area (Å²) in [6, 6.07) is 16.1. The van der Waals surface area contributed by atoms with Gasteiger partial charge < -0.3 is 31.3 Å². The number of nitro groups is 4. The van der Waals surface area contributed by atoms with Gasteiger partial charge in [-0.05, 0) is 41.5 Å². The maximum atomic E-state index is 11.2. The fourth-order valence-electron chi connectivity index (χ4n) is 4.47. The zero-order valence-corrected chi connectivity index (χ0v) is 31.1. The molecule has 0 heterocycles. The van der Waals surface area contributed by atoms with Crippen molar-refractivity contribution in [2.24, 2.45) is 0 Å². The molecule has 4 aromatic rings. The molecule has 56 heavy (non-hydrogen) atoms. The van der Waals surface area contributed by atoms with Gasteiger partial charge in [0.1, 0.15) is 17.1 Å². The van der Waals surface area contributed by atoms with Crippen molar-refractivity contribution in [3.8, 4) is 11.1 Å². The van der Waals surface area contributed by atoms with Crippen molar-refractivity contribution < 1.29 is 48.9 Å². The highest BCUT2D eigenvalue weighted by Gasteiger charge is 2.24. The second kappa shape index (κ2) is 20.3. The number of benzene rings is 4. The number of nitro benzene ring substituents is 4. The summed E-state index contributed by atoms with van der Waals surface area (Å²) in [6.07, 6.45) is 0. The monoisotopic (exact) mass is 840 g/mol. The van der Waals surface area contributed by atoms with Gasteiger partial charge in [0.05, 0.1) is 25.2 Å². The van der Waals surface area contributed by atoms with Gasteiger partial charge in [-0.15, -0.1) is 0 Å². The van der Waals surface area contributed by atoms with Gasteiger partial charge in [0.15, 0.2) is 0 Å². The van der Waals surface area contributed by atoms with Crippen molar-refractivity contribution in [1.29, 1.82) is 0 Å². The predicted molar refractivity (Wildman–Crippen MR) is 206 cm³/mol. The van der Waals surface area contributed by atoms with Crippen molar-refractivity contribution in [3.05, 3.63) is 118 Å². The number of nitrogens with one attached hydrogen (secondary N) is 4. The first kappa shape index (κ1) is 45.0. The zero-order chi connectivity index (χ0) is 42.4. The molecule has 4 aromatic carbocycles. The summed E-state index contributed by atoms with van der Waals surface area (Å²) >= 11 is 3.11. The SMILES string of the molecule is CC(=O)Nc1ccc(-c2ccc(NC(C)=O)c([N+](=O)[O-])c2)cc1[N+](=O)[O-].CC(=O)Nc1ccc(B(O)O)c([N+](=O)[O-])c1.CC(=O)Nc1ccc(Br)cc1[N+](=O)[O-]. The van der Waals surface area contributed by atoms with Gasteiger partial charge in [0.25, 0.3) is 22.7 Å². The molecular formula is C32H30BBrN8O14. The lowest BCUT2D eigenvalue weighted by Gasteiger charge is -2.08. The molecule has 0 atom stereocenters. The van der Waals surface area contributed by atoms with E-state index in [9.17, 15) is 59.6 Å². The van der Waals surface area contributed by atoms with Crippen LogP contribution in [0.5, 0.6) is 0 Å². The van der Waals surface area contributed by atoms with E-state index in [1.165, 1.54) is 88.4 Å². The summed E-state index contributed by atoms with van der Waals surface area (Å²) in [7, 11) is -1.92. The smallest absolute Gasteiger partial charge is 0.423 e. The topological polar surface area (TPSA) is 329 Å². The van der Waals surface area contributed by atoms with Crippen LogP contribution in [0.2, 0.25) is 0 Å². The van der Waals surface area contributed by atoms with Crippen molar-refractivity contribution in [2.75, 3.05) is 21.3 Å². The third-order valence-corrected chi connectivity index (χ3v) is 7.13. The molecule has 0 unspecified atom stereocenters. The summed E-state index contributed by atoms with van der Waals surface area (Å²) in [6.45, 7) is 5.01. The minimum atomic E-state index is -1.92. The number of carbonyl (C=O) groups is 4. The minimum Gasteiger partial charge on any atom is -0.423 e. The number of carbonyl (C=O) groups excluding carboxylic acids is 4. The first-order valence-corrected chi connectivity index (χ1v) is 16.2. The van der Waals surface area contributed by atoms with Crippen LogP contribution < -0.4 is 26.7 Å². The van der Waals surface area contributed by atoms with Crippen molar-refractivity contribution in [3.63, 3.8) is 0 Å². The van der Waals surface area contributed by atoms with Crippen LogP contribution in [-0.2, 0) is 19.2 Å². The van der Waals surface area contributed by atoms with Crippen LogP contribution in [0.4, 0.5) is 45.5 Å². The standard InChI is InChI=1S/C16H14N4O6.C8H9BN2O5.C8H7BrN2O3/c1-9(21)17-13-5-3-11(7-15(13)19(23)24)12-4-6-14(18-10(2)22)16(8-12)20(25)26;1-5(12)10-6-2-3-7(9(13)14)8(4-6)11(15)16;1-5(12)10-7-3-2-6(9)4-8(7)11(13)14/h3-8H,1-2H3,(H,17,21)(H,18,22);2-4,13-14H,1H3,(H,10,12);2-4H,1H3,(H,10,12). The molecule has 0 saturated heterocycles. The van der Waals surface area contributed by atoms with E-state index in [4.69, 9.17) is 10.0 Å². The van der Waals surface area contributed by atoms with E-state index in [0.29, 0.717) is 15.6 Å². The second-order valence-corrected chi connectivity index (χ2v) is 11.9. The van der Waals surface area contributed by atoms with E-state index >= 15 is 0 Å². The van der Waals surface area contributed by atoms with E-state index in [0.717, 1.165) is 6.07 Å². The highest BCUT2D eigenvalue weighted by atomic mass is 79.9. The Morgan fingerprint density at radius 1 is 0.518 bits per heavy atom. The molecule has 4 rings (SSSR count). The van der Waals surface area contributed by atoms with Crippen molar-refractivity contribution in [1.82, 2.24) is 0 Å². The first-order chi connectivity index (χ1) is 26.1. The summed E-state index contributed by atoms with van der Waals surface area (Å²) < 4.78 is 0.596. The van der Waals surface area contributed by atoms with Gasteiger partial charge in [-0.3, -0.25) is 59.6 Å². The zero-order valence-electron chi connectivity index (χ0n) is 29.5. The fraction of sp³-hybridized carbons (Fsp3) is 0.125. The van der Waals surface area contributed by atoms with Crippen LogP contribution in [-0.4, -0.2) is 60.5 Å². The van der Waals surface area contributed by atoms with Crippen LogP contribution in [0.1, 0.15) is 27.7 Å². The van der Waals surface area contributed by atoms with Gasteiger partial charge in [0.2, 0.25) is 23.6 Å². The Labute approximate surface area is 323 Å². The number of hydrogen-bond acceptors (Lipinski definition) is 14. The maximum absolute atomic E-state index is 11.2. The molecule has 0 aliphatic rings. The molecule has 0 saturated carbocycles. The summed E-state index contributed by atoms with van der Waals surface area (Å²) in [5.74, 6) is -1.63. The summed E-state index contributed by atoms with van der Waals surface area (Å²) in [5, 5.41) is 70.9. The molecule has 0 fully saturated rings. The number of rotatable bonds is 10. The third kappa shape index (κ3) is 13.7.